The molecule has 1 heterocycles. The summed E-state index contributed by atoms with van der Waals surface area (Å²) >= 11 is 3.44. The fourth-order valence-corrected chi connectivity index (χ4v) is 3.19. The van der Waals surface area contributed by atoms with Crippen molar-refractivity contribution in [1.29, 1.82) is 5.26 Å². The van der Waals surface area contributed by atoms with E-state index in [4.69, 9.17) is 0 Å². The Morgan fingerprint density at radius 2 is 2.05 bits per heavy atom. The SMILES string of the molecule is CC(C)C1CCN(c2ccc(CBr)cc2C#N)CC1. The number of anilines is 1. The molecule has 0 spiro atoms. The third-order valence-corrected chi connectivity index (χ3v) is 4.81. The maximum Gasteiger partial charge on any atom is 0.101 e. The fourth-order valence-electron chi connectivity index (χ4n) is 2.84. The zero-order valence-corrected chi connectivity index (χ0v) is 13.3. The van der Waals surface area contributed by atoms with Gasteiger partial charge < -0.3 is 4.90 Å². The van der Waals surface area contributed by atoms with E-state index in [0.29, 0.717) is 0 Å². The van der Waals surface area contributed by atoms with Crippen molar-refractivity contribution in [1.82, 2.24) is 0 Å². The second kappa shape index (κ2) is 6.43. The number of nitriles is 1. The van der Waals surface area contributed by atoms with Gasteiger partial charge in [-0.25, -0.2) is 0 Å². The van der Waals surface area contributed by atoms with Gasteiger partial charge in [0.25, 0.3) is 0 Å². The van der Waals surface area contributed by atoms with Gasteiger partial charge in [-0.15, -0.1) is 0 Å². The Balaban J connectivity index is 2.13. The van der Waals surface area contributed by atoms with E-state index in [9.17, 15) is 5.26 Å². The topological polar surface area (TPSA) is 27.0 Å². The molecule has 0 saturated carbocycles. The van der Waals surface area contributed by atoms with Gasteiger partial charge in [0, 0.05) is 18.4 Å². The molecule has 102 valence electrons. The molecule has 1 saturated heterocycles. The minimum atomic E-state index is 0.772. The molecule has 1 aliphatic heterocycles. The average molecular weight is 321 g/mol. The molecule has 1 aromatic rings. The molecule has 0 radical (unpaired) electrons. The van der Waals surface area contributed by atoms with Crippen LogP contribution in [0.25, 0.3) is 0 Å². The molecule has 3 heteroatoms. The highest BCUT2D eigenvalue weighted by atomic mass is 79.9. The Kier molecular flexibility index (Phi) is 4.87. The monoisotopic (exact) mass is 320 g/mol. The van der Waals surface area contributed by atoms with E-state index < -0.39 is 0 Å². The lowest BCUT2D eigenvalue weighted by Crippen LogP contribution is -2.35. The smallest absolute Gasteiger partial charge is 0.101 e. The van der Waals surface area contributed by atoms with Crippen molar-refractivity contribution in [3.05, 3.63) is 29.3 Å². The van der Waals surface area contributed by atoms with E-state index in [1.807, 2.05) is 6.07 Å². The van der Waals surface area contributed by atoms with Crippen LogP contribution in [0.5, 0.6) is 0 Å². The Morgan fingerprint density at radius 3 is 2.58 bits per heavy atom. The number of halogens is 1. The van der Waals surface area contributed by atoms with Crippen molar-refractivity contribution in [3.8, 4) is 6.07 Å². The minimum absolute atomic E-state index is 0.772. The zero-order chi connectivity index (χ0) is 13.8. The van der Waals surface area contributed by atoms with Gasteiger partial charge in [0.15, 0.2) is 0 Å². The highest BCUT2D eigenvalue weighted by Gasteiger charge is 2.23. The summed E-state index contributed by atoms with van der Waals surface area (Å²) in [7, 11) is 0. The van der Waals surface area contributed by atoms with Crippen LogP contribution in [0.1, 0.15) is 37.8 Å². The van der Waals surface area contributed by atoms with Crippen LogP contribution >= 0.6 is 15.9 Å². The molecule has 1 aromatic carbocycles. The van der Waals surface area contributed by atoms with Crippen LogP contribution < -0.4 is 4.90 Å². The first kappa shape index (κ1) is 14.4. The second-order valence-corrected chi connectivity index (χ2v) is 6.23. The van der Waals surface area contributed by atoms with Crippen molar-refractivity contribution in [3.63, 3.8) is 0 Å². The average Bonchev–Trinajstić information content (AvgIpc) is 2.46. The zero-order valence-electron chi connectivity index (χ0n) is 11.7. The molecule has 2 nitrogen and oxygen atoms in total. The molecular formula is C16H21BrN2. The van der Waals surface area contributed by atoms with E-state index in [0.717, 1.165) is 47.1 Å². The molecule has 19 heavy (non-hydrogen) atoms. The third-order valence-electron chi connectivity index (χ3n) is 4.16. The van der Waals surface area contributed by atoms with Gasteiger partial charge in [-0.2, -0.15) is 5.26 Å². The van der Waals surface area contributed by atoms with Crippen LogP contribution in [-0.2, 0) is 5.33 Å². The first-order valence-electron chi connectivity index (χ1n) is 6.99. The molecule has 0 aliphatic carbocycles. The Hall–Kier alpha value is -1.01. The molecule has 0 atom stereocenters. The lowest BCUT2D eigenvalue weighted by atomic mass is 9.86. The van der Waals surface area contributed by atoms with E-state index in [-0.39, 0.29) is 0 Å². The van der Waals surface area contributed by atoms with Gasteiger partial charge in [0.05, 0.1) is 11.3 Å². The van der Waals surface area contributed by atoms with Gasteiger partial charge >= 0.3 is 0 Å². The molecule has 2 rings (SSSR count). The second-order valence-electron chi connectivity index (χ2n) is 5.67. The first-order valence-corrected chi connectivity index (χ1v) is 8.11. The van der Waals surface area contributed by atoms with Gasteiger partial charge in [0.2, 0.25) is 0 Å². The minimum Gasteiger partial charge on any atom is -0.370 e. The Morgan fingerprint density at radius 1 is 1.37 bits per heavy atom. The lowest BCUT2D eigenvalue weighted by Gasteiger charge is -2.35. The fraction of sp³-hybridized carbons (Fsp3) is 0.562. The highest BCUT2D eigenvalue weighted by molar-refractivity contribution is 9.08. The molecule has 0 bridgehead atoms. The molecule has 1 fully saturated rings. The van der Waals surface area contributed by atoms with Gasteiger partial charge in [-0.1, -0.05) is 35.8 Å². The number of hydrogen-bond acceptors (Lipinski definition) is 2. The van der Waals surface area contributed by atoms with Crippen molar-refractivity contribution in [2.45, 2.75) is 32.0 Å². The van der Waals surface area contributed by atoms with Gasteiger partial charge in [-0.3, -0.25) is 0 Å². The van der Waals surface area contributed by atoms with Crippen molar-refractivity contribution >= 4 is 21.6 Å². The Bertz CT molecular complexity index is 468. The summed E-state index contributed by atoms with van der Waals surface area (Å²) in [6.45, 7) is 6.77. The normalized spacial score (nSPS) is 16.7. The van der Waals surface area contributed by atoms with Crippen LogP contribution in [0.15, 0.2) is 18.2 Å². The van der Waals surface area contributed by atoms with E-state index in [1.165, 1.54) is 12.8 Å². The predicted octanol–water partition coefficient (Wildman–Crippen LogP) is 4.33. The number of nitrogens with zero attached hydrogens (tertiary/aromatic N) is 2. The summed E-state index contributed by atoms with van der Waals surface area (Å²) in [5, 5.41) is 10.1. The molecule has 0 amide bonds. The lowest BCUT2D eigenvalue weighted by molar-refractivity contribution is 0.311. The van der Waals surface area contributed by atoms with Crippen LogP contribution in [0, 0.1) is 23.2 Å². The summed E-state index contributed by atoms with van der Waals surface area (Å²) < 4.78 is 0. The summed E-state index contributed by atoms with van der Waals surface area (Å²) in [5.74, 6) is 1.61. The number of piperidine rings is 1. The summed E-state index contributed by atoms with van der Waals surface area (Å²) in [6.07, 6.45) is 2.48. The number of alkyl halides is 1. The molecule has 1 aliphatic rings. The highest BCUT2D eigenvalue weighted by Crippen LogP contribution is 2.30. The molecule has 0 unspecified atom stereocenters. The number of hydrogen-bond donors (Lipinski definition) is 0. The van der Waals surface area contributed by atoms with Crippen molar-refractivity contribution in [2.75, 3.05) is 18.0 Å². The molecular weight excluding hydrogens is 300 g/mol. The van der Waals surface area contributed by atoms with E-state index in [2.05, 4.69) is 52.9 Å². The maximum absolute atomic E-state index is 9.32. The van der Waals surface area contributed by atoms with Gasteiger partial charge in [-0.05, 0) is 42.4 Å². The van der Waals surface area contributed by atoms with E-state index in [1.54, 1.807) is 0 Å². The third kappa shape index (κ3) is 3.30. The van der Waals surface area contributed by atoms with Crippen LogP contribution in [0.4, 0.5) is 5.69 Å². The van der Waals surface area contributed by atoms with Crippen LogP contribution in [-0.4, -0.2) is 13.1 Å². The largest absolute Gasteiger partial charge is 0.370 e. The standard InChI is InChI=1S/C16H21BrN2/c1-12(2)14-5-7-19(8-6-14)16-4-3-13(10-17)9-15(16)11-18/h3-4,9,12,14H,5-8,10H2,1-2H3. The summed E-state index contributed by atoms with van der Waals surface area (Å²) in [4.78, 5) is 2.37. The quantitative estimate of drug-likeness (QED) is 0.775. The van der Waals surface area contributed by atoms with Gasteiger partial charge in [0.1, 0.15) is 6.07 Å². The molecule has 0 aromatic heterocycles. The Labute approximate surface area is 124 Å². The number of benzene rings is 1. The van der Waals surface area contributed by atoms with Crippen LogP contribution in [0.2, 0.25) is 0 Å². The predicted molar refractivity (Wildman–Crippen MR) is 83.6 cm³/mol. The van der Waals surface area contributed by atoms with Crippen LogP contribution in [0.3, 0.4) is 0 Å². The van der Waals surface area contributed by atoms with Crippen molar-refractivity contribution < 1.29 is 0 Å². The van der Waals surface area contributed by atoms with Crippen molar-refractivity contribution in [2.24, 2.45) is 11.8 Å². The maximum atomic E-state index is 9.32. The first-order chi connectivity index (χ1) is 9.15. The summed E-state index contributed by atoms with van der Waals surface area (Å²) in [5.41, 5.74) is 3.08. The summed E-state index contributed by atoms with van der Waals surface area (Å²) in [6, 6.07) is 8.55. The molecule has 0 N–H and O–H groups in total. The van der Waals surface area contributed by atoms with E-state index >= 15 is 0 Å². The number of rotatable bonds is 3.